The predicted octanol–water partition coefficient (Wildman–Crippen LogP) is 6.66. The monoisotopic (exact) mass is 451 g/mol. The molecule has 5 rings (SSSR count). The molecule has 0 spiro atoms. The second-order valence-electron chi connectivity index (χ2n) is 7.80. The summed E-state index contributed by atoms with van der Waals surface area (Å²) in [7, 11) is 0. The number of fused-ring (bicyclic) bond motifs is 1. The molecule has 162 valence electrons. The van der Waals surface area contributed by atoms with E-state index in [0.717, 1.165) is 39.2 Å². The van der Waals surface area contributed by atoms with Crippen LogP contribution in [-0.4, -0.2) is 16.0 Å². The largest absolute Gasteiger partial charge is 0.489 e. The number of carbonyl (C=O) groups is 2. The Morgan fingerprint density at radius 2 is 1.55 bits per heavy atom. The fourth-order valence-corrected chi connectivity index (χ4v) is 4.58. The van der Waals surface area contributed by atoms with E-state index in [0.29, 0.717) is 17.3 Å². The summed E-state index contributed by atoms with van der Waals surface area (Å²) in [5.74, 6) is 0.441. The van der Waals surface area contributed by atoms with Crippen molar-refractivity contribution in [2.75, 3.05) is 0 Å². The van der Waals surface area contributed by atoms with Gasteiger partial charge in [0.05, 0.1) is 11.4 Å². The summed E-state index contributed by atoms with van der Waals surface area (Å²) < 4.78 is 5.88. The van der Waals surface area contributed by atoms with Crippen LogP contribution in [0.1, 0.15) is 16.7 Å². The molecule has 5 heteroatoms. The number of hydrogen-bond acceptors (Lipinski definition) is 4. The first-order valence-corrected chi connectivity index (χ1v) is 11.5. The van der Waals surface area contributed by atoms with Crippen molar-refractivity contribution >= 4 is 39.8 Å². The van der Waals surface area contributed by atoms with E-state index in [1.54, 1.807) is 6.08 Å². The average molecular weight is 452 g/mol. The Morgan fingerprint density at radius 1 is 0.758 bits per heavy atom. The molecule has 1 fully saturated rings. The van der Waals surface area contributed by atoms with Crippen LogP contribution in [-0.2, 0) is 17.9 Å². The summed E-state index contributed by atoms with van der Waals surface area (Å²) in [4.78, 5) is 27.3. The lowest BCUT2D eigenvalue weighted by atomic mass is 10.1. The van der Waals surface area contributed by atoms with Gasteiger partial charge in [-0.2, -0.15) is 0 Å². The van der Waals surface area contributed by atoms with E-state index in [9.17, 15) is 9.59 Å². The van der Waals surface area contributed by atoms with Crippen molar-refractivity contribution in [2.24, 2.45) is 0 Å². The second-order valence-corrected chi connectivity index (χ2v) is 8.79. The van der Waals surface area contributed by atoms with E-state index in [1.807, 2.05) is 97.1 Å². The highest BCUT2D eigenvalue weighted by Gasteiger charge is 2.35. The SMILES string of the molecule is O=C1S/C(=C/c2cccc(OCc3ccccc3)c2)C(=O)N1Cc1ccc2ccccc2c1. The number of nitrogens with zero attached hydrogens (tertiary/aromatic N) is 1. The lowest BCUT2D eigenvalue weighted by Crippen LogP contribution is -2.27. The molecule has 1 saturated heterocycles. The molecule has 0 N–H and O–H groups in total. The summed E-state index contributed by atoms with van der Waals surface area (Å²) in [5, 5.41) is 1.96. The average Bonchev–Trinajstić information content (AvgIpc) is 3.11. The Bertz CT molecular complexity index is 1360. The highest BCUT2D eigenvalue weighted by molar-refractivity contribution is 8.18. The molecular formula is C28H21NO3S. The molecule has 0 aliphatic carbocycles. The van der Waals surface area contributed by atoms with Gasteiger partial charge in [-0.3, -0.25) is 14.5 Å². The Morgan fingerprint density at radius 3 is 2.39 bits per heavy atom. The molecule has 4 nitrogen and oxygen atoms in total. The van der Waals surface area contributed by atoms with Gasteiger partial charge in [0.2, 0.25) is 0 Å². The third-order valence-electron chi connectivity index (χ3n) is 5.43. The number of ether oxygens (including phenoxy) is 1. The maximum absolute atomic E-state index is 13.0. The van der Waals surface area contributed by atoms with Crippen molar-refractivity contribution in [3.8, 4) is 5.75 Å². The van der Waals surface area contributed by atoms with Crippen molar-refractivity contribution in [2.45, 2.75) is 13.2 Å². The molecule has 0 bridgehead atoms. The van der Waals surface area contributed by atoms with E-state index >= 15 is 0 Å². The quantitative estimate of drug-likeness (QED) is 0.308. The van der Waals surface area contributed by atoms with Crippen LogP contribution in [0.25, 0.3) is 16.8 Å². The molecule has 1 heterocycles. The van der Waals surface area contributed by atoms with Gasteiger partial charge >= 0.3 is 0 Å². The van der Waals surface area contributed by atoms with Gasteiger partial charge in [-0.15, -0.1) is 0 Å². The van der Waals surface area contributed by atoms with Crippen LogP contribution >= 0.6 is 11.8 Å². The highest BCUT2D eigenvalue weighted by Crippen LogP contribution is 2.34. The maximum atomic E-state index is 13.0. The van der Waals surface area contributed by atoms with Gasteiger partial charge in [-0.25, -0.2) is 0 Å². The number of benzene rings is 4. The van der Waals surface area contributed by atoms with Crippen molar-refractivity contribution in [3.63, 3.8) is 0 Å². The molecule has 0 aromatic heterocycles. The van der Waals surface area contributed by atoms with Crippen LogP contribution < -0.4 is 4.74 Å². The van der Waals surface area contributed by atoms with E-state index in [2.05, 4.69) is 0 Å². The van der Waals surface area contributed by atoms with Crippen LogP contribution in [0.15, 0.2) is 102 Å². The third-order valence-corrected chi connectivity index (χ3v) is 6.34. The van der Waals surface area contributed by atoms with Crippen LogP contribution in [0.3, 0.4) is 0 Å². The lowest BCUT2D eigenvalue weighted by molar-refractivity contribution is -0.123. The zero-order chi connectivity index (χ0) is 22.6. The summed E-state index contributed by atoms with van der Waals surface area (Å²) in [6.07, 6.45) is 1.75. The minimum Gasteiger partial charge on any atom is -0.489 e. The van der Waals surface area contributed by atoms with Crippen LogP contribution in [0.4, 0.5) is 4.79 Å². The fourth-order valence-electron chi connectivity index (χ4n) is 3.74. The van der Waals surface area contributed by atoms with E-state index in [-0.39, 0.29) is 17.7 Å². The van der Waals surface area contributed by atoms with Gasteiger partial charge in [0.15, 0.2) is 0 Å². The van der Waals surface area contributed by atoms with Crippen LogP contribution in [0, 0.1) is 0 Å². The van der Waals surface area contributed by atoms with Gasteiger partial charge in [-0.05, 0) is 63.5 Å². The van der Waals surface area contributed by atoms with E-state index < -0.39 is 0 Å². The Hall–Kier alpha value is -3.83. The number of rotatable bonds is 6. The summed E-state index contributed by atoms with van der Waals surface area (Å²) in [6, 6.07) is 31.5. The molecule has 1 aliphatic rings. The molecule has 33 heavy (non-hydrogen) atoms. The van der Waals surface area contributed by atoms with Gasteiger partial charge in [0.1, 0.15) is 12.4 Å². The molecule has 1 aliphatic heterocycles. The van der Waals surface area contributed by atoms with Crippen molar-refractivity contribution in [1.29, 1.82) is 0 Å². The maximum Gasteiger partial charge on any atom is 0.293 e. The Labute approximate surface area is 196 Å². The zero-order valence-corrected chi connectivity index (χ0v) is 18.6. The molecular weight excluding hydrogens is 430 g/mol. The fraction of sp³-hybridized carbons (Fsp3) is 0.0714. The smallest absolute Gasteiger partial charge is 0.293 e. The first-order chi connectivity index (χ1) is 16.2. The van der Waals surface area contributed by atoms with Crippen molar-refractivity contribution < 1.29 is 14.3 Å². The number of hydrogen-bond donors (Lipinski definition) is 0. The standard InChI is InChI=1S/C28H21NO3S/c30-27-26(17-21-9-6-12-25(16-21)32-19-20-7-2-1-3-8-20)33-28(31)29(27)18-22-13-14-23-10-4-5-11-24(23)15-22/h1-17H,18-19H2/b26-17+. The minimum absolute atomic E-state index is 0.254. The summed E-state index contributed by atoms with van der Waals surface area (Å²) in [5.41, 5.74) is 2.82. The molecule has 0 atom stereocenters. The number of imide groups is 1. The van der Waals surface area contributed by atoms with Gasteiger partial charge in [0, 0.05) is 0 Å². The van der Waals surface area contributed by atoms with Gasteiger partial charge in [0.25, 0.3) is 11.1 Å². The highest BCUT2D eigenvalue weighted by atomic mass is 32.2. The number of carbonyl (C=O) groups excluding carboxylic acids is 2. The van der Waals surface area contributed by atoms with E-state index in [4.69, 9.17) is 4.74 Å². The Balaban J connectivity index is 1.30. The lowest BCUT2D eigenvalue weighted by Gasteiger charge is -2.13. The Kier molecular flexibility index (Phi) is 5.96. The second kappa shape index (κ2) is 9.35. The topological polar surface area (TPSA) is 46.6 Å². The van der Waals surface area contributed by atoms with Crippen molar-refractivity contribution in [1.82, 2.24) is 4.90 Å². The molecule has 4 aromatic rings. The third kappa shape index (κ3) is 4.83. The molecule has 0 unspecified atom stereocenters. The molecule has 4 aromatic carbocycles. The van der Waals surface area contributed by atoms with E-state index in [1.165, 1.54) is 4.90 Å². The summed E-state index contributed by atoms with van der Waals surface area (Å²) >= 11 is 0.973. The first-order valence-electron chi connectivity index (χ1n) is 10.7. The van der Waals surface area contributed by atoms with Crippen LogP contribution in [0.2, 0.25) is 0 Å². The van der Waals surface area contributed by atoms with Crippen LogP contribution in [0.5, 0.6) is 5.75 Å². The van der Waals surface area contributed by atoms with Gasteiger partial charge < -0.3 is 4.74 Å². The van der Waals surface area contributed by atoms with Crippen molar-refractivity contribution in [3.05, 3.63) is 119 Å². The zero-order valence-electron chi connectivity index (χ0n) is 17.8. The predicted molar refractivity (Wildman–Crippen MR) is 133 cm³/mol. The molecule has 0 saturated carbocycles. The minimum atomic E-state index is -0.270. The number of amides is 2. The van der Waals surface area contributed by atoms with Gasteiger partial charge in [-0.1, -0.05) is 78.9 Å². The molecule has 0 radical (unpaired) electrons. The number of thioether (sulfide) groups is 1. The normalized spacial score (nSPS) is 14.9. The summed E-state index contributed by atoms with van der Waals surface area (Å²) in [6.45, 7) is 0.722. The first kappa shape index (κ1) is 21.0. The molecule has 2 amide bonds.